The lowest BCUT2D eigenvalue weighted by Gasteiger charge is -2.07. The highest BCUT2D eigenvalue weighted by atomic mass is 32.2. The second-order valence-corrected chi connectivity index (χ2v) is 7.26. The van der Waals surface area contributed by atoms with Crippen molar-refractivity contribution < 1.29 is 18.8 Å². The van der Waals surface area contributed by atoms with Crippen LogP contribution in [-0.4, -0.2) is 42.6 Å². The second kappa shape index (κ2) is 10.5. The molecular formula is C21H23N3O4S. The van der Waals surface area contributed by atoms with Gasteiger partial charge in [-0.2, -0.15) is 4.98 Å². The van der Waals surface area contributed by atoms with Gasteiger partial charge in [0.1, 0.15) is 0 Å². The van der Waals surface area contributed by atoms with Gasteiger partial charge in [0.15, 0.2) is 11.5 Å². The molecule has 0 aliphatic rings. The zero-order valence-corrected chi connectivity index (χ0v) is 17.2. The normalized spacial score (nSPS) is 10.6. The highest BCUT2D eigenvalue weighted by Gasteiger charge is 2.13. The Morgan fingerprint density at radius 2 is 1.90 bits per heavy atom. The first-order valence-electron chi connectivity index (χ1n) is 9.19. The summed E-state index contributed by atoms with van der Waals surface area (Å²) in [6.07, 6.45) is 0.682. The SMILES string of the molecule is COc1ccc(-c2noc(CCC(=O)NCCSc3ccccc3)n2)cc1OC. The number of benzene rings is 2. The van der Waals surface area contributed by atoms with Crippen molar-refractivity contribution in [3.8, 4) is 22.9 Å². The van der Waals surface area contributed by atoms with Crippen LogP contribution in [0.5, 0.6) is 11.5 Å². The van der Waals surface area contributed by atoms with Gasteiger partial charge in [0, 0.05) is 35.6 Å². The van der Waals surface area contributed by atoms with E-state index in [1.165, 1.54) is 4.90 Å². The van der Waals surface area contributed by atoms with Gasteiger partial charge < -0.3 is 19.3 Å². The Morgan fingerprint density at radius 1 is 1.10 bits per heavy atom. The lowest BCUT2D eigenvalue weighted by Crippen LogP contribution is -2.25. The number of carbonyl (C=O) groups excluding carboxylic acids is 1. The minimum absolute atomic E-state index is 0.0375. The standard InChI is InChI=1S/C21H23N3O4S/c1-26-17-9-8-15(14-18(17)27-2)21-23-20(28-24-21)11-10-19(25)22-12-13-29-16-6-4-3-5-7-16/h3-9,14H,10-13H2,1-2H3,(H,22,25). The van der Waals surface area contributed by atoms with Crippen LogP contribution in [0.1, 0.15) is 12.3 Å². The maximum absolute atomic E-state index is 12.0. The Balaban J connectivity index is 1.44. The van der Waals surface area contributed by atoms with E-state index in [1.807, 2.05) is 24.3 Å². The van der Waals surface area contributed by atoms with Crippen LogP contribution in [0, 0.1) is 0 Å². The molecule has 0 fully saturated rings. The number of hydrogen-bond acceptors (Lipinski definition) is 7. The number of aryl methyl sites for hydroxylation is 1. The number of nitrogens with one attached hydrogen (secondary N) is 1. The zero-order valence-electron chi connectivity index (χ0n) is 16.4. The van der Waals surface area contributed by atoms with E-state index in [9.17, 15) is 4.79 Å². The highest BCUT2D eigenvalue weighted by molar-refractivity contribution is 7.99. The number of aromatic nitrogens is 2. The molecule has 152 valence electrons. The monoisotopic (exact) mass is 413 g/mol. The van der Waals surface area contributed by atoms with Gasteiger partial charge in [-0.25, -0.2) is 0 Å². The molecule has 0 atom stereocenters. The smallest absolute Gasteiger partial charge is 0.227 e. The molecule has 7 nitrogen and oxygen atoms in total. The molecule has 0 saturated carbocycles. The lowest BCUT2D eigenvalue weighted by atomic mass is 10.2. The van der Waals surface area contributed by atoms with E-state index in [1.54, 1.807) is 38.1 Å². The average Bonchev–Trinajstić information content (AvgIpc) is 3.24. The zero-order chi connectivity index (χ0) is 20.5. The Labute approximate surface area is 173 Å². The Kier molecular flexibility index (Phi) is 7.52. The molecule has 0 spiro atoms. The number of rotatable bonds is 10. The first-order chi connectivity index (χ1) is 14.2. The third kappa shape index (κ3) is 5.99. The molecule has 0 aliphatic heterocycles. The van der Waals surface area contributed by atoms with Crippen LogP contribution in [0.25, 0.3) is 11.4 Å². The molecule has 3 aromatic rings. The summed E-state index contributed by atoms with van der Waals surface area (Å²) >= 11 is 1.71. The minimum Gasteiger partial charge on any atom is -0.493 e. The molecule has 29 heavy (non-hydrogen) atoms. The van der Waals surface area contributed by atoms with Crippen LogP contribution < -0.4 is 14.8 Å². The lowest BCUT2D eigenvalue weighted by molar-refractivity contribution is -0.121. The maximum atomic E-state index is 12.0. The van der Waals surface area contributed by atoms with Gasteiger partial charge in [-0.1, -0.05) is 23.4 Å². The van der Waals surface area contributed by atoms with E-state index in [4.69, 9.17) is 14.0 Å². The van der Waals surface area contributed by atoms with Crippen LogP contribution in [0.15, 0.2) is 57.9 Å². The summed E-state index contributed by atoms with van der Waals surface area (Å²) in [5.41, 5.74) is 0.750. The summed E-state index contributed by atoms with van der Waals surface area (Å²) in [4.78, 5) is 17.6. The number of hydrogen-bond donors (Lipinski definition) is 1. The molecule has 0 aliphatic carbocycles. The van der Waals surface area contributed by atoms with Gasteiger partial charge in [-0.15, -0.1) is 11.8 Å². The van der Waals surface area contributed by atoms with Crippen molar-refractivity contribution in [3.05, 3.63) is 54.4 Å². The van der Waals surface area contributed by atoms with Gasteiger partial charge in [0.2, 0.25) is 17.6 Å². The summed E-state index contributed by atoms with van der Waals surface area (Å²) in [6, 6.07) is 15.5. The molecule has 0 unspecified atom stereocenters. The summed E-state index contributed by atoms with van der Waals surface area (Å²) in [6.45, 7) is 0.610. The maximum Gasteiger partial charge on any atom is 0.227 e. The first-order valence-corrected chi connectivity index (χ1v) is 10.2. The van der Waals surface area contributed by atoms with E-state index in [2.05, 4.69) is 27.6 Å². The van der Waals surface area contributed by atoms with Crippen molar-refractivity contribution in [3.63, 3.8) is 0 Å². The molecule has 2 aromatic carbocycles. The first kappa shape index (κ1) is 20.7. The van der Waals surface area contributed by atoms with Crippen LogP contribution >= 0.6 is 11.8 Å². The molecule has 0 bridgehead atoms. The number of amides is 1. The van der Waals surface area contributed by atoms with Crippen LogP contribution in [0.3, 0.4) is 0 Å². The summed E-state index contributed by atoms with van der Waals surface area (Å²) < 4.78 is 15.8. The van der Waals surface area contributed by atoms with Crippen molar-refractivity contribution in [2.45, 2.75) is 17.7 Å². The van der Waals surface area contributed by atoms with Crippen molar-refractivity contribution in [1.82, 2.24) is 15.5 Å². The number of carbonyl (C=O) groups is 1. The van der Waals surface area contributed by atoms with E-state index in [0.717, 1.165) is 11.3 Å². The quantitative estimate of drug-likeness (QED) is 0.401. The molecule has 1 N–H and O–H groups in total. The fourth-order valence-corrected chi connectivity index (χ4v) is 3.42. The predicted molar refractivity (Wildman–Crippen MR) is 111 cm³/mol. The molecule has 0 saturated heterocycles. The van der Waals surface area contributed by atoms with E-state index in [0.29, 0.717) is 42.6 Å². The van der Waals surface area contributed by atoms with Crippen molar-refractivity contribution in [1.29, 1.82) is 0 Å². The van der Waals surface area contributed by atoms with Crippen LogP contribution in [0.2, 0.25) is 0 Å². The van der Waals surface area contributed by atoms with Crippen molar-refractivity contribution in [2.24, 2.45) is 0 Å². The van der Waals surface area contributed by atoms with Gasteiger partial charge >= 0.3 is 0 Å². The number of ether oxygens (including phenoxy) is 2. The molecule has 1 heterocycles. The predicted octanol–water partition coefficient (Wildman–Crippen LogP) is 3.59. The molecule has 3 rings (SSSR count). The van der Waals surface area contributed by atoms with Gasteiger partial charge in [0.05, 0.1) is 14.2 Å². The van der Waals surface area contributed by atoms with E-state index in [-0.39, 0.29) is 5.91 Å². The third-order valence-electron chi connectivity index (χ3n) is 4.11. The summed E-state index contributed by atoms with van der Waals surface area (Å²) in [5.74, 6) is 2.86. The summed E-state index contributed by atoms with van der Waals surface area (Å²) in [7, 11) is 3.15. The fourth-order valence-electron chi connectivity index (χ4n) is 2.63. The number of nitrogens with zero attached hydrogens (tertiary/aromatic N) is 2. The van der Waals surface area contributed by atoms with Crippen LogP contribution in [0.4, 0.5) is 0 Å². The molecule has 0 radical (unpaired) electrons. The Hall–Kier alpha value is -3.00. The fraction of sp³-hybridized carbons (Fsp3) is 0.286. The van der Waals surface area contributed by atoms with Crippen LogP contribution in [-0.2, 0) is 11.2 Å². The van der Waals surface area contributed by atoms with Crippen molar-refractivity contribution in [2.75, 3.05) is 26.5 Å². The Morgan fingerprint density at radius 3 is 2.66 bits per heavy atom. The highest BCUT2D eigenvalue weighted by Crippen LogP contribution is 2.31. The Bertz CT molecular complexity index is 931. The molecular weight excluding hydrogens is 390 g/mol. The van der Waals surface area contributed by atoms with Gasteiger partial charge in [-0.05, 0) is 30.3 Å². The number of thioether (sulfide) groups is 1. The van der Waals surface area contributed by atoms with E-state index < -0.39 is 0 Å². The second-order valence-electron chi connectivity index (χ2n) is 6.09. The average molecular weight is 413 g/mol. The molecule has 1 amide bonds. The van der Waals surface area contributed by atoms with Gasteiger partial charge in [0.25, 0.3) is 0 Å². The largest absolute Gasteiger partial charge is 0.493 e. The summed E-state index contributed by atoms with van der Waals surface area (Å²) in [5, 5.41) is 6.90. The van der Waals surface area contributed by atoms with Crippen molar-refractivity contribution >= 4 is 17.7 Å². The minimum atomic E-state index is -0.0375. The topological polar surface area (TPSA) is 86.5 Å². The van der Waals surface area contributed by atoms with Gasteiger partial charge in [-0.3, -0.25) is 4.79 Å². The molecule has 8 heteroatoms. The number of methoxy groups -OCH3 is 2. The third-order valence-corrected chi connectivity index (χ3v) is 5.13. The molecule has 1 aromatic heterocycles. The van der Waals surface area contributed by atoms with E-state index >= 15 is 0 Å².